The molecule has 0 spiro atoms. The van der Waals surface area contributed by atoms with Crippen LogP contribution in [0.5, 0.6) is 0 Å². The molecule has 0 aromatic carbocycles. The minimum absolute atomic E-state index is 0.142. The SMILES string of the molecule is CC1=CCCC2(C)OC2CC(C)(C)C2OC2C1. The van der Waals surface area contributed by atoms with Gasteiger partial charge in [-0.05, 0) is 44.9 Å². The van der Waals surface area contributed by atoms with Gasteiger partial charge in [0.1, 0.15) is 0 Å². The molecule has 2 aliphatic heterocycles. The van der Waals surface area contributed by atoms with Crippen molar-refractivity contribution in [3.05, 3.63) is 11.6 Å². The quantitative estimate of drug-likeness (QED) is 0.475. The highest BCUT2D eigenvalue weighted by Crippen LogP contribution is 2.52. The van der Waals surface area contributed by atoms with E-state index in [2.05, 4.69) is 33.8 Å². The third-order valence-corrected chi connectivity index (χ3v) is 4.76. The van der Waals surface area contributed by atoms with Crippen molar-refractivity contribution in [2.75, 3.05) is 0 Å². The first-order valence-corrected chi connectivity index (χ1v) is 6.90. The van der Waals surface area contributed by atoms with Crippen molar-refractivity contribution in [3.63, 3.8) is 0 Å². The van der Waals surface area contributed by atoms with E-state index < -0.39 is 0 Å². The highest BCUT2D eigenvalue weighted by atomic mass is 16.6. The third kappa shape index (κ3) is 2.17. The van der Waals surface area contributed by atoms with Gasteiger partial charge in [0.25, 0.3) is 0 Å². The molecule has 0 saturated carbocycles. The molecule has 2 heterocycles. The van der Waals surface area contributed by atoms with E-state index >= 15 is 0 Å². The highest BCUT2D eigenvalue weighted by Gasteiger charge is 2.57. The highest BCUT2D eigenvalue weighted by molar-refractivity contribution is 5.12. The van der Waals surface area contributed by atoms with Crippen LogP contribution in [0.3, 0.4) is 0 Å². The Balaban J connectivity index is 1.77. The molecule has 1 aliphatic carbocycles. The van der Waals surface area contributed by atoms with Gasteiger partial charge in [-0.3, -0.25) is 0 Å². The lowest BCUT2D eigenvalue weighted by atomic mass is 9.80. The van der Waals surface area contributed by atoms with Crippen LogP contribution in [0.1, 0.15) is 53.4 Å². The van der Waals surface area contributed by atoms with Gasteiger partial charge < -0.3 is 9.47 Å². The standard InChI is InChI=1S/C15H24O2/c1-10-6-5-7-15(4)12(17-15)9-14(2,3)13-11(8-10)16-13/h6,11-13H,5,7-9H2,1-4H3. The Morgan fingerprint density at radius 1 is 1.29 bits per heavy atom. The number of allylic oxidation sites excluding steroid dienone is 1. The number of fused-ring (bicyclic) bond motifs is 2. The Hall–Kier alpha value is -0.340. The summed E-state index contributed by atoms with van der Waals surface area (Å²) < 4.78 is 11.8. The van der Waals surface area contributed by atoms with Gasteiger partial charge in [0.2, 0.25) is 0 Å². The lowest BCUT2D eigenvalue weighted by molar-refractivity contribution is 0.202. The molecule has 0 aromatic rings. The summed E-state index contributed by atoms with van der Waals surface area (Å²) in [6.07, 6.45) is 8.31. The topological polar surface area (TPSA) is 25.1 Å². The Bertz CT molecular complexity index is 358. The molecule has 2 heteroatoms. The van der Waals surface area contributed by atoms with E-state index in [-0.39, 0.29) is 11.0 Å². The van der Waals surface area contributed by atoms with Gasteiger partial charge in [-0.25, -0.2) is 0 Å². The summed E-state index contributed by atoms with van der Waals surface area (Å²) in [4.78, 5) is 0. The van der Waals surface area contributed by atoms with Crippen molar-refractivity contribution < 1.29 is 9.47 Å². The average Bonchev–Trinajstić information content (AvgIpc) is 3.05. The van der Waals surface area contributed by atoms with Crippen LogP contribution >= 0.6 is 0 Å². The maximum atomic E-state index is 5.93. The van der Waals surface area contributed by atoms with E-state index in [0.29, 0.717) is 18.3 Å². The second kappa shape index (κ2) is 3.58. The summed E-state index contributed by atoms with van der Waals surface area (Å²) in [6, 6.07) is 0. The van der Waals surface area contributed by atoms with E-state index in [0.717, 1.165) is 19.3 Å². The van der Waals surface area contributed by atoms with Crippen LogP contribution in [0.2, 0.25) is 0 Å². The van der Waals surface area contributed by atoms with Crippen molar-refractivity contribution in [1.29, 1.82) is 0 Å². The molecule has 96 valence electrons. The first-order valence-electron chi connectivity index (χ1n) is 6.90. The van der Waals surface area contributed by atoms with E-state index in [1.807, 2.05) is 0 Å². The second-order valence-corrected chi connectivity index (χ2v) is 7.00. The van der Waals surface area contributed by atoms with Crippen LogP contribution in [-0.2, 0) is 9.47 Å². The summed E-state index contributed by atoms with van der Waals surface area (Å²) in [5.74, 6) is 0. The molecule has 4 unspecified atom stereocenters. The fourth-order valence-electron chi connectivity index (χ4n) is 3.35. The molecule has 2 saturated heterocycles. The van der Waals surface area contributed by atoms with Gasteiger partial charge in [-0.1, -0.05) is 25.5 Å². The molecular weight excluding hydrogens is 212 g/mol. The third-order valence-electron chi connectivity index (χ3n) is 4.76. The van der Waals surface area contributed by atoms with Crippen LogP contribution < -0.4 is 0 Å². The zero-order valence-electron chi connectivity index (χ0n) is 11.5. The second-order valence-electron chi connectivity index (χ2n) is 7.00. The molecule has 0 bridgehead atoms. The monoisotopic (exact) mass is 236 g/mol. The molecule has 3 aliphatic rings. The van der Waals surface area contributed by atoms with Gasteiger partial charge in [0, 0.05) is 0 Å². The van der Waals surface area contributed by atoms with Crippen molar-refractivity contribution >= 4 is 0 Å². The molecule has 0 radical (unpaired) electrons. The maximum absolute atomic E-state index is 5.93. The van der Waals surface area contributed by atoms with E-state index in [4.69, 9.17) is 9.47 Å². The predicted octanol–water partition coefficient (Wildman–Crippen LogP) is 3.46. The minimum atomic E-state index is 0.142. The number of ether oxygens (including phenoxy) is 2. The summed E-state index contributed by atoms with van der Waals surface area (Å²) in [6.45, 7) is 9.16. The summed E-state index contributed by atoms with van der Waals surface area (Å²) in [5.41, 5.74) is 1.89. The normalized spacial score (nSPS) is 48.2. The molecule has 0 aromatic heterocycles. The predicted molar refractivity (Wildman–Crippen MR) is 67.9 cm³/mol. The molecule has 17 heavy (non-hydrogen) atoms. The van der Waals surface area contributed by atoms with E-state index in [9.17, 15) is 0 Å². The number of hydrogen-bond acceptors (Lipinski definition) is 2. The summed E-state index contributed by atoms with van der Waals surface area (Å²) in [7, 11) is 0. The molecule has 0 amide bonds. The zero-order valence-corrected chi connectivity index (χ0v) is 11.5. The van der Waals surface area contributed by atoms with Gasteiger partial charge in [0.15, 0.2) is 0 Å². The Labute approximate surface area is 104 Å². The summed E-state index contributed by atoms with van der Waals surface area (Å²) >= 11 is 0. The lowest BCUT2D eigenvalue weighted by Crippen LogP contribution is -2.25. The number of rotatable bonds is 0. The van der Waals surface area contributed by atoms with Gasteiger partial charge in [-0.15, -0.1) is 0 Å². The fourth-order valence-corrected chi connectivity index (χ4v) is 3.35. The van der Waals surface area contributed by atoms with Crippen LogP contribution in [0.15, 0.2) is 11.6 Å². The summed E-state index contributed by atoms with van der Waals surface area (Å²) in [5, 5.41) is 0. The van der Waals surface area contributed by atoms with Crippen LogP contribution in [-0.4, -0.2) is 23.9 Å². The van der Waals surface area contributed by atoms with Crippen molar-refractivity contribution in [2.45, 2.75) is 77.3 Å². The Morgan fingerprint density at radius 3 is 2.82 bits per heavy atom. The van der Waals surface area contributed by atoms with Gasteiger partial charge in [-0.2, -0.15) is 0 Å². The molecular formula is C15H24O2. The number of hydrogen-bond donors (Lipinski definition) is 0. The fraction of sp³-hybridized carbons (Fsp3) is 0.867. The average molecular weight is 236 g/mol. The van der Waals surface area contributed by atoms with E-state index in [1.165, 1.54) is 12.0 Å². The Morgan fingerprint density at radius 2 is 2.06 bits per heavy atom. The molecule has 3 rings (SSSR count). The van der Waals surface area contributed by atoms with E-state index in [1.54, 1.807) is 0 Å². The van der Waals surface area contributed by atoms with Crippen molar-refractivity contribution in [2.24, 2.45) is 5.41 Å². The van der Waals surface area contributed by atoms with Gasteiger partial charge >= 0.3 is 0 Å². The van der Waals surface area contributed by atoms with Crippen LogP contribution in [0, 0.1) is 5.41 Å². The number of epoxide rings is 2. The van der Waals surface area contributed by atoms with Crippen LogP contribution in [0.25, 0.3) is 0 Å². The van der Waals surface area contributed by atoms with Crippen LogP contribution in [0.4, 0.5) is 0 Å². The zero-order chi connectivity index (χ0) is 12.3. The largest absolute Gasteiger partial charge is 0.369 e. The van der Waals surface area contributed by atoms with Gasteiger partial charge in [0.05, 0.1) is 23.9 Å². The van der Waals surface area contributed by atoms with Crippen molar-refractivity contribution in [1.82, 2.24) is 0 Å². The molecule has 0 N–H and O–H groups in total. The first-order chi connectivity index (χ1) is 7.91. The van der Waals surface area contributed by atoms with Crippen molar-refractivity contribution in [3.8, 4) is 0 Å². The first kappa shape index (κ1) is 11.7. The molecule has 4 atom stereocenters. The molecule has 2 fully saturated rings. The Kier molecular flexibility index (Phi) is 2.47. The minimum Gasteiger partial charge on any atom is -0.369 e. The maximum Gasteiger partial charge on any atom is 0.0923 e. The smallest absolute Gasteiger partial charge is 0.0923 e. The lowest BCUT2D eigenvalue weighted by Gasteiger charge is -2.22. The molecule has 2 nitrogen and oxygen atoms in total.